The highest BCUT2D eigenvalue weighted by molar-refractivity contribution is 6.31. The Hall–Kier alpha value is -2.05. The molecule has 0 saturated heterocycles. The van der Waals surface area contributed by atoms with Gasteiger partial charge in [-0.2, -0.15) is 5.06 Å². The zero-order chi connectivity index (χ0) is 14.0. The fraction of sp³-hybridized carbons (Fsp3) is 0.167. The fourth-order valence-electron chi connectivity index (χ4n) is 1.71. The summed E-state index contributed by atoms with van der Waals surface area (Å²) in [6, 6.07) is 4.61. The van der Waals surface area contributed by atoms with Crippen LogP contribution in [0, 0.1) is 0 Å². The smallest absolute Gasteiger partial charge is 0.374 e. The molecule has 1 amide bonds. The molecule has 1 aromatic heterocycles. The van der Waals surface area contributed by atoms with Crippen molar-refractivity contribution in [2.45, 2.75) is 6.92 Å². The Balaban J connectivity index is 2.72. The van der Waals surface area contributed by atoms with E-state index in [1.165, 1.54) is 12.1 Å². The largest absolute Gasteiger partial charge is 0.475 e. The molecule has 0 unspecified atom stereocenters. The van der Waals surface area contributed by atoms with Crippen molar-refractivity contribution in [3.05, 3.63) is 29.0 Å². The molecule has 1 heterocycles. The minimum atomic E-state index is -1.30. The molecule has 100 valence electrons. The molecular formula is C12H10ClNO5. The predicted octanol–water partition coefficient (Wildman–Crippen LogP) is 2.70. The lowest BCUT2D eigenvalue weighted by Crippen LogP contribution is -2.23. The highest BCUT2D eigenvalue weighted by Crippen LogP contribution is 2.35. The van der Waals surface area contributed by atoms with E-state index in [-0.39, 0.29) is 18.1 Å². The van der Waals surface area contributed by atoms with E-state index in [0.717, 1.165) is 5.06 Å². The zero-order valence-corrected chi connectivity index (χ0v) is 10.7. The summed E-state index contributed by atoms with van der Waals surface area (Å²) in [5.74, 6) is -1.67. The molecule has 1 N–H and O–H groups in total. The zero-order valence-electron chi connectivity index (χ0n) is 9.92. The summed E-state index contributed by atoms with van der Waals surface area (Å²) < 4.78 is 5.21. The van der Waals surface area contributed by atoms with Crippen molar-refractivity contribution in [2.24, 2.45) is 0 Å². The van der Waals surface area contributed by atoms with E-state index in [2.05, 4.69) is 0 Å². The van der Waals surface area contributed by atoms with Gasteiger partial charge in [-0.15, -0.1) is 0 Å². The van der Waals surface area contributed by atoms with E-state index < -0.39 is 5.97 Å². The van der Waals surface area contributed by atoms with Crippen LogP contribution in [0.3, 0.4) is 0 Å². The first kappa shape index (κ1) is 13.4. The lowest BCUT2D eigenvalue weighted by molar-refractivity contribution is -0.113. The summed E-state index contributed by atoms with van der Waals surface area (Å²) in [4.78, 5) is 27.3. The molecule has 6 nitrogen and oxygen atoms in total. The number of hydroxylamine groups is 1. The van der Waals surface area contributed by atoms with Gasteiger partial charge in [-0.1, -0.05) is 11.6 Å². The number of carboxylic acids is 1. The number of hydrogen-bond acceptors (Lipinski definition) is 4. The molecule has 0 aliphatic carbocycles. The van der Waals surface area contributed by atoms with Crippen LogP contribution in [0.4, 0.5) is 5.69 Å². The van der Waals surface area contributed by atoms with E-state index in [0.29, 0.717) is 22.4 Å². The maximum Gasteiger partial charge on any atom is 0.374 e. The SMILES string of the molecule is CCON(C=O)c1c(C(=O)O)oc2ccc(Cl)cc12. The number of nitrogens with zero attached hydrogens (tertiary/aromatic N) is 1. The van der Waals surface area contributed by atoms with Crippen molar-refractivity contribution in [2.75, 3.05) is 11.7 Å². The molecule has 0 fully saturated rings. The molecule has 2 rings (SSSR count). The first-order valence-electron chi connectivity index (χ1n) is 5.41. The van der Waals surface area contributed by atoms with Crippen molar-refractivity contribution in [1.82, 2.24) is 0 Å². The first-order valence-corrected chi connectivity index (χ1v) is 5.79. The van der Waals surface area contributed by atoms with Crippen LogP contribution in [-0.4, -0.2) is 24.1 Å². The summed E-state index contributed by atoms with van der Waals surface area (Å²) in [6.07, 6.45) is 0.376. The Morgan fingerprint density at radius 1 is 1.58 bits per heavy atom. The lowest BCUT2D eigenvalue weighted by atomic mass is 10.2. The van der Waals surface area contributed by atoms with Gasteiger partial charge in [0, 0.05) is 10.4 Å². The van der Waals surface area contributed by atoms with Gasteiger partial charge in [-0.3, -0.25) is 9.63 Å². The molecule has 0 aliphatic heterocycles. The minimum absolute atomic E-state index is 0.0295. The fourth-order valence-corrected chi connectivity index (χ4v) is 1.88. The molecule has 19 heavy (non-hydrogen) atoms. The number of rotatable bonds is 5. The summed E-state index contributed by atoms with van der Waals surface area (Å²) >= 11 is 5.87. The Morgan fingerprint density at radius 3 is 2.89 bits per heavy atom. The average Bonchev–Trinajstić information content (AvgIpc) is 2.74. The molecule has 1 aromatic carbocycles. The van der Waals surface area contributed by atoms with Crippen LogP contribution in [0.25, 0.3) is 11.0 Å². The van der Waals surface area contributed by atoms with Crippen LogP contribution in [0.1, 0.15) is 17.5 Å². The maximum atomic E-state index is 11.2. The number of hydrogen-bond donors (Lipinski definition) is 1. The van der Waals surface area contributed by atoms with Crippen molar-refractivity contribution in [3.8, 4) is 0 Å². The van der Waals surface area contributed by atoms with Gasteiger partial charge in [0.1, 0.15) is 11.3 Å². The molecule has 0 radical (unpaired) electrons. The van der Waals surface area contributed by atoms with Crippen molar-refractivity contribution in [1.29, 1.82) is 0 Å². The second-order valence-electron chi connectivity index (χ2n) is 3.57. The van der Waals surface area contributed by atoms with Gasteiger partial charge in [0.15, 0.2) is 0 Å². The summed E-state index contributed by atoms with van der Waals surface area (Å²) in [5, 5.41) is 10.7. The number of benzene rings is 1. The normalized spacial score (nSPS) is 10.6. The van der Waals surface area contributed by atoms with Crippen LogP contribution in [0.2, 0.25) is 5.02 Å². The van der Waals surface area contributed by atoms with Crippen LogP contribution in [-0.2, 0) is 9.63 Å². The van der Waals surface area contributed by atoms with Gasteiger partial charge in [-0.25, -0.2) is 4.79 Å². The summed E-state index contributed by atoms with van der Waals surface area (Å²) in [5.41, 5.74) is 0.338. The highest BCUT2D eigenvalue weighted by Gasteiger charge is 2.25. The molecule has 0 aliphatic rings. The van der Waals surface area contributed by atoms with Crippen molar-refractivity contribution < 1.29 is 24.0 Å². The Labute approximate surface area is 113 Å². The van der Waals surface area contributed by atoms with Crippen LogP contribution >= 0.6 is 11.6 Å². The number of aromatic carboxylic acids is 1. The van der Waals surface area contributed by atoms with E-state index in [4.69, 9.17) is 26.0 Å². The Morgan fingerprint density at radius 2 is 2.32 bits per heavy atom. The number of fused-ring (bicyclic) bond motifs is 1. The number of anilines is 1. The van der Waals surface area contributed by atoms with Gasteiger partial charge in [0.2, 0.25) is 12.2 Å². The van der Waals surface area contributed by atoms with Crippen molar-refractivity contribution >= 4 is 40.6 Å². The van der Waals surface area contributed by atoms with E-state index >= 15 is 0 Å². The molecular weight excluding hydrogens is 274 g/mol. The number of carboxylic acid groups (broad SMARTS) is 1. The molecule has 0 saturated carbocycles. The number of halogens is 1. The number of carbonyl (C=O) groups is 2. The van der Waals surface area contributed by atoms with E-state index in [9.17, 15) is 9.59 Å². The first-order chi connectivity index (χ1) is 9.08. The van der Waals surface area contributed by atoms with Gasteiger partial charge < -0.3 is 9.52 Å². The monoisotopic (exact) mass is 283 g/mol. The number of carbonyl (C=O) groups excluding carboxylic acids is 1. The third kappa shape index (κ3) is 2.40. The molecule has 0 atom stereocenters. The molecule has 0 spiro atoms. The molecule has 2 aromatic rings. The third-order valence-electron chi connectivity index (χ3n) is 2.40. The highest BCUT2D eigenvalue weighted by atomic mass is 35.5. The van der Waals surface area contributed by atoms with Crippen LogP contribution in [0.15, 0.2) is 22.6 Å². The summed E-state index contributed by atoms with van der Waals surface area (Å²) in [6.45, 7) is 1.87. The van der Waals surface area contributed by atoms with E-state index in [1.54, 1.807) is 13.0 Å². The van der Waals surface area contributed by atoms with Gasteiger partial charge in [-0.05, 0) is 25.1 Å². The second-order valence-corrected chi connectivity index (χ2v) is 4.01. The van der Waals surface area contributed by atoms with Crippen molar-refractivity contribution in [3.63, 3.8) is 0 Å². The van der Waals surface area contributed by atoms with Gasteiger partial charge in [0.25, 0.3) is 0 Å². The Kier molecular flexibility index (Phi) is 3.73. The number of furan rings is 1. The van der Waals surface area contributed by atoms with Crippen LogP contribution < -0.4 is 5.06 Å². The topological polar surface area (TPSA) is 80.0 Å². The molecule has 0 bridgehead atoms. The maximum absolute atomic E-state index is 11.2. The predicted molar refractivity (Wildman–Crippen MR) is 68.4 cm³/mol. The number of amides is 1. The second kappa shape index (κ2) is 5.29. The average molecular weight is 284 g/mol. The van der Waals surface area contributed by atoms with Gasteiger partial charge >= 0.3 is 5.97 Å². The van der Waals surface area contributed by atoms with Crippen LogP contribution in [0.5, 0.6) is 0 Å². The summed E-state index contributed by atoms with van der Waals surface area (Å²) in [7, 11) is 0. The third-order valence-corrected chi connectivity index (χ3v) is 2.64. The minimum Gasteiger partial charge on any atom is -0.475 e. The van der Waals surface area contributed by atoms with Gasteiger partial charge in [0.05, 0.1) is 6.61 Å². The van der Waals surface area contributed by atoms with E-state index in [1.807, 2.05) is 0 Å². The quantitative estimate of drug-likeness (QED) is 0.674. The standard InChI is InChI=1S/C12H10ClNO5/c1-2-18-14(6-15)10-8-5-7(13)3-4-9(8)19-11(10)12(16)17/h3-6H,2H2,1H3,(H,16,17). The Bertz CT molecular complexity index is 636. The lowest BCUT2D eigenvalue weighted by Gasteiger charge is -2.14. The molecule has 7 heteroatoms.